The Bertz CT molecular complexity index is 560. The van der Waals surface area contributed by atoms with E-state index in [0.717, 1.165) is 0 Å². The summed E-state index contributed by atoms with van der Waals surface area (Å²) in [4.78, 5) is 24.7. The number of amides is 1. The fourth-order valence-electron chi connectivity index (χ4n) is 2.16. The number of nitrogens with two attached hydrogens (primary N) is 1. The second-order valence-electron chi connectivity index (χ2n) is 4.82. The summed E-state index contributed by atoms with van der Waals surface area (Å²) in [6, 6.07) is 4.30. The molecule has 1 atom stereocenters. The molecule has 1 aromatic rings. The third kappa shape index (κ3) is 2.39. The quantitative estimate of drug-likeness (QED) is 0.720. The number of phenolic OH excluding ortho intramolecular Hbond substituents is 1. The van der Waals surface area contributed by atoms with Crippen molar-refractivity contribution in [3.63, 3.8) is 0 Å². The average molecular weight is 280 g/mol. The Hall–Kier alpha value is -2.28. The summed E-state index contributed by atoms with van der Waals surface area (Å²) in [6.07, 6.45) is 0.179. The standard InChI is InChI=1S/C13H16N2O5/c1-20-8-2-3-10(16)9(6-8)11(17)15-5-4-13(14,7-15)12(18)19/h2-3,6,16H,4-5,7,14H2,1H3,(H,18,19). The fraction of sp³-hybridized carbons (Fsp3) is 0.385. The molecule has 0 radical (unpaired) electrons. The van der Waals surface area contributed by atoms with Gasteiger partial charge in [0.2, 0.25) is 0 Å². The van der Waals surface area contributed by atoms with Crippen LogP contribution >= 0.6 is 0 Å². The monoisotopic (exact) mass is 280 g/mol. The molecule has 1 unspecified atom stereocenters. The number of hydrogen-bond donors (Lipinski definition) is 3. The number of aliphatic carboxylic acids is 1. The summed E-state index contributed by atoms with van der Waals surface area (Å²) >= 11 is 0. The molecule has 1 aliphatic rings. The van der Waals surface area contributed by atoms with Gasteiger partial charge in [-0.3, -0.25) is 9.59 Å². The maximum absolute atomic E-state index is 12.3. The number of aromatic hydroxyl groups is 1. The molecule has 1 fully saturated rings. The Morgan fingerprint density at radius 2 is 2.15 bits per heavy atom. The second-order valence-corrected chi connectivity index (χ2v) is 4.82. The maximum Gasteiger partial charge on any atom is 0.325 e. The van der Waals surface area contributed by atoms with E-state index in [9.17, 15) is 14.7 Å². The minimum Gasteiger partial charge on any atom is -0.507 e. The number of nitrogens with zero attached hydrogens (tertiary/aromatic N) is 1. The van der Waals surface area contributed by atoms with Crippen LogP contribution in [0.4, 0.5) is 0 Å². The van der Waals surface area contributed by atoms with Crippen LogP contribution in [0.15, 0.2) is 18.2 Å². The Labute approximate surface area is 115 Å². The van der Waals surface area contributed by atoms with E-state index < -0.39 is 17.4 Å². The van der Waals surface area contributed by atoms with Gasteiger partial charge in [0, 0.05) is 13.1 Å². The predicted octanol–water partition coefficient (Wildman–Crippen LogP) is 0.0288. The number of likely N-dealkylation sites (tertiary alicyclic amines) is 1. The molecule has 7 heteroatoms. The molecule has 0 saturated carbocycles. The van der Waals surface area contributed by atoms with Crippen LogP contribution < -0.4 is 10.5 Å². The van der Waals surface area contributed by atoms with E-state index in [1.807, 2.05) is 0 Å². The molecule has 20 heavy (non-hydrogen) atoms. The van der Waals surface area contributed by atoms with Gasteiger partial charge in [0.15, 0.2) is 0 Å². The van der Waals surface area contributed by atoms with Gasteiger partial charge in [-0.05, 0) is 24.6 Å². The first-order valence-electron chi connectivity index (χ1n) is 6.06. The molecule has 7 nitrogen and oxygen atoms in total. The van der Waals surface area contributed by atoms with Crippen molar-refractivity contribution in [1.29, 1.82) is 0 Å². The molecule has 0 spiro atoms. The number of rotatable bonds is 3. The van der Waals surface area contributed by atoms with Crippen LogP contribution in [0.25, 0.3) is 0 Å². The third-order valence-corrected chi connectivity index (χ3v) is 3.45. The van der Waals surface area contributed by atoms with Crippen LogP contribution in [0.2, 0.25) is 0 Å². The summed E-state index contributed by atoms with van der Waals surface area (Å²) in [6.45, 7) is 0.149. The van der Waals surface area contributed by atoms with Gasteiger partial charge in [0.25, 0.3) is 5.91 Å². The molecule has 0 aliphatic carbocycles. The number of benzene rings is 1. The van der Waals surface area contributed by atoms with Crippen molar-refractivity contribution >= 4 is 11.9 Å². The summed E-state index contributed by atoms with van der Waals surface area (Å²) in [7, 11) is 1.45. The van der Waals surface area contributed by atoms with Crippen molar-refractivity contribution in [3.05, 3.63) is 23.8 Å². The molecule has 108 valence electrons. The van der Waals surface area contributed by atoms with Gasteiger partial charge < -0.3 is 25.6 Å². The van der Waals surface area contributed by atoms with Gasteiger partial charge in [-0.1, -0.05) is 0 Å². The molecule has 0 aromatic heterocycles. The lowest BCUT2D eigenvalue weighted by atomic mass is 10.0. The normalized spacial score (nSPS) is 21.8. The lowest BCUT2D eigenvalue weighted by Gasteiger charge is -2.20. The fourth-order valence-corrected chi connectivity index (χ4v) is 2.16. The number of hydrogen-bond acceptors (Lipinski definition) is 5. The number of carbonyl (C=O) groups is 2. The zero-order valence-corrected chi connectivity index (χ0v) is 11.0. The highest BCUT2D eigenvalue weighted by atomic mass is 16.5. The highest BCUT2D eigenvalue weighted by molar-refractivity contribution is 5.98. The molecule has 2 rings (SSSR count). The maximum atomic E-state index is 12.3. The second kappa shape index (κ2) is 5.01. The molecule has 1 saturated heterocycles. The van der Waals surface area contributed by atoms with Crippen LogP contribution in [0, 0.1) is 0 Å². The van der Waals surface area contributed by atoms with E-state index in [1.54, 1.807) is 0 Å². The molecular formula is C13H16N2O5. The predicted molar refractivity (Wildman–Crippen MR) is 69.7 cm³/mol. The Balaban J connectivity index is 2.23. The van der Waals surface area contributed by atoms with Gasteiger partial charge in [-0.2, -0.15) is 0 Å². The highest BCUT2D eigenvalue weighted by Crippen LogP contribution is 2.27. The zero-order valence-electron chi connectivity index (χ0n) is 11.0. The van der Waals surface area contributed by atoms with Crippen LogP contribution in [0.3, 0.4) is 0 Å². The van der Waals surface area contributed by atoms with Gasteiger partial charge >= 0.3 is 5.97 Å². The lowest BCUT2D eigenvalue weighted by Crippen LogP contribution is -2.50. The first-order valence-corrected chi connectivity index (χ1v) is 6.06. The largest absolute Gasteiger partial charge is 0.507 e. The molecule has 1 aromatic carbocycles. The van der Waals surface area contributed by atoms with Crippen molar-refractivity contribution in [2.75, 3.05) is 20.2 Å². The Kier molecular flexibility index (Phi) is 3.54. The van der Waals surface area contributed by atoms with Gasteiger partial charge in [0.1, 0.15) is 17.0 Å². The smallest absolute Gasteiger partial charge is 0.325 e. The molecule has 1 heterocycles. The highest BCUT2D eigenvalue weighted by Gasteiger charge is 2.43. The summed E-state index contributed by atoms with van der Waals surface area (Å²) in [5.74, 6) is -1.35. The van der Waals surface area contributed by atoms with Crippen LogP contribution in [0.1, 0.15) is 16.8 Å². The third-order valence-electron chi connectivity index (χ3n) is 3.45. The first-order chi connectivity index (χ1) is 9.37. The number of carboxylic acids is 1. The molecular weight excluding hydrogens is 264 g/mol. The van der Waals surface area contributed by atoms with Crippen molar-refractivity contribution in [1.82, 2.24) is 4.90 Å². The van der Waals surface area contributed by atoms with Crippen molar-refractivity contribution < 1.29 is 24.5 Å². The van der Waals surface area contributed by atoms with E-state index in [2.05, 4.69) is 0 Å². The number of ether oxygens (including phenoxy) is 1. The van der Waals surface area contributed by atoms with Crippen molar-refractivity contribution in [2.24, 2.45) is 5.73 Å². The molecule has 0 bridgehead atoms. The minimum absolute atomic E-state index is 0.0685. The summed E-state index contributed by atoms with van der Waals surface area (Å²) in [5.41, 5.74) is 4.36. The Morgan fingerprint density at radius 1 is 1.45 bits per heavy atom. The molecule has 1 amide bonds. The van der Waals surface area contributed by atoms with E-state index in [1.165, 1.54) is 30.2 Å². The van der Waals surface area contributed by atoms with E-state index in [-0.39, 0.29) is 30.8 Å². The van der Waals surface area contributed by atoms with Crippen molar-refractivity contribution in [3.8, 4) is 11.5 Å². The summed E-state index contributed by atoms with van der Waals surface area (Å²) < 4.78 is 5.00. The number of methoxy groups -OCH3 is 1. The van der Waals surface area contributed by atoms with Gasteiger partial charge in [0.05, 0.1) is 12.7 Å². The number of carbonyl (C=O) groups excluding carboxylic acids is 1. The van der Waals surface area contributed by atoms with Crippen LogP contribution in [0.5, 0.6) is 11.5 Å². The van der Waals surface area contributed by atoms with E-state index in [0.29, 0.717) is 5.75 Å². The minimum atomic E-state index is -1.43. The summed E-state index contributed by atoms with van der Waals surface area (Å²) in [5, 5.41) is 18.8. The lowest BCUT2D eigenvalue weighted by molar-refractivity contribution is -0.142. The average Bonchev–Trinajstić information content (AvgIpc) is 2.83. The topological polar surface area (TPSA) is 113 Å². The Morgan fingerprint density at radius 3 is 2.70 bits per heavy atom. The van der Waals surface area contributed by atoms with Crippen LogP contribution in [-0.2, 0) is 4.79 Å². The van der Waals surface area contributed by atoms with E-state index >= 15 is 0 Å². The van der Waals surface area contributed by atoms with Gasteiger partial charge in [-0.25, -0.2) is 0 Å². The number of phenols is 1. The zero-order chi connectivity index (χ0) is 14.9. The van der Waals surface area contributed by atoms with Crippen molar-refractivity contribution in [2.45, 2.75) is 12.0 Å². The van der Waals surface area contributed by atoms with Crippen LogP contribution in [-0.4, -0.2) is 52.7 Å². The van der Waals surface area contributed by atoms with E-state index in [4.69, 9.17) is 15.6 Å². The SMILES string of the molecule is COc1ccc(O)c(C(=O)N2CCC(N)(C(=O)O)C2)c1. The van der Waals surface area contributed by atoms with Gasteiger partial charge in [-0.15, -0.1) is 0 Å². The molecule has 1 aliphatic heterocycles. The molecule has 4 N–H and O–H groups in total. The first kappa shape index (κ1) is 14.1. The number of carboxylic acid groups (broad SMARTS) is 1.